The van der Waals surface area contributed by atoms with E-state index in [4.69, 9.17) is 0 Å². The lowest BCUT2D eigenvalue weighted by Crippen LogP contribution is -1.90. The van der Waals surface area contributed by atoms with Gasteiger partial charge in [0, 0.05) is 0 Å². The lowest BCUT2D eigenvalue weighted by Gasteiger charge is -1.80. The van der Waals surface area contributed by atoms with Crippen molar-refractivity contribution in [2.45, 2.75) is 17.5 Å². The van der Waals surface area contributed by atoms with Gasteiger partial charge in [0.25, 0.3) is 0 Å². The number of hydrogen-bond acceptors (Lipinski definition) is 1. The molecule has 0 aromatic carbocycles. The minimum absolute atomic E-state index is 0.0222. The highest BCUT2D eigenvalue weighted by molar-refractivity contribution is 9.18. The topological polar surface area (TPSA) is 17.1 Å². The van der Waals surface area contributed by atoms with E-state index >= 15 is 0 Å². The highest BCUT2D eigenvalue weighted by atomic mass is 79.9. The molecular formula is C4H8AlBrO. The summed E-state index contributed by atoms with van der Waals surface area (Å²) in [6.07, 6.45) is 0. The molecule has 0 saturated heterocycles. The monoisotopic (exact) mass is 178 g/mol. The van der Waals surface area contributed by atoms with Gasteiger partial charge in [-0.25, -0.2) is 0 Å². The number of carbonyl (C=O) groups is 1. The number of carbonyl (C=O) groups excluding carboxylic acids is 1. The molecule has 0 rings (SSSR count). The number of rotatable bonds is 3. The standard InChI is InChI=1S/C2H2BrO.C2H5.Al.H/c1-2(3)4;1-2;;/h1H2;1H2,2H3;;. The lowest BCUT2D eigenvalue weighted by molar-refractivity contribution is -0.108. The Bertz CT molecular complexity index is 64.7. The molecule has 0 aromatic rings. The van der Waals surface area contributed by atoms with E-state index in [-0.39, 0.29) is 19.9 Å². The molecule has 0 atom stereocenters. The van der Waals surface area contributed by atoms with Gasteiger partial charge in [-0.1, -0.05) is 12.2 Å². The number of halogens is 1. The van der Waals surface area contributed by atoms with Crippen LogP contribution in [0, 0.1) is 0 Å². The molecule has 40 valence electrons. The Morgan fingerprint density at radius 3 is 2.57 bits per heavy atom. The largest absolute Gasteiger partial charge is 0.288 e. The SMILES string of the molecule is C[CH2][AlH][CH2]C(=O)Br. The predicted octanol–water partition coefficient (Wildman–Crippen LogP) is 1.20. The highest BCUT2D eigenvalue weighted by Gasteiger charge is 1.93. The van der Waals surface area contributed by atoms with Gasteiger partial charge in [-0.05, 0) is 21.2 Å². The zero-order chi connectivity index (χ0) is 5.70. The van der Waals surface area contributed by atoms with E-state index in [1.165, 1.54) is 5.28 Å². The summed E-state index contributed by atoms with van der Waals surface area (Å²) in [6.45, 7) is 2.13. The molecular weight excluding hydrogens is 171 g/mol. The van der Waals surface area contributed by atoms with Crippen LogP contribution in [0.3, 0.4) is 0 Å². The van der Waals surface area contributed by atoms with Crippen molar-refractivity contribution in [2.24, 2.45) is 0 Å². The van der Waals surface area contributed by atoms with E-state index in [2.05, 4.69) is 22.9 Å². The Labute approximate surface area is 58.3 Å². The van der Waals surface area contributed by atoms with E-state index in [1.807, 2.05) is 0 Å². The molecule has 0 saturated carbocycles. The Morgan fingerprint density at radius 2 is 2.43 bits per heavy atom. The molecule has 7 heavy (non-hydrogen) atoms. The minimum atomic E-state index is -0.0222. The maximum atomic E-state index is 10.2. The Balaban J connectivity index is 2.82. The summed E-state index contributed by atoms with van der Waals surface area (Å²) < 4.78 is 0.181. The third-order valence-electron chi connectivity index (χ3n) is 0.727. The smallest absolute Gasteiger partial charge is 0.248 e. The van der Waals surface area contributed by atoms with E-state index in [0.29, 0.717) is 0 Å². The van der Waals surface area contributed by atoms with E-state index in [1.54, 1.807) is 0 Å². The average molecular weight is 179 g/mol. The van der Waals surface area contributed by atoms with Crippen molar-refractivity contribution in [3.8, 4) is 0 Å². The molecule has 0 aliphatic heterocycles. The average Bonchev–Trinajstić information content (AvgIpc) is 1.61. The Hall–Kier alpha value is 0.682. The fourth-order valence-corrected chi connectivity index (χ4v) is 1.79. The van der Waals surface area contributed by atoms with Crippen molar-refractivity contribution in [2.75, 3.05) is 0 Å². The minimum Gasteiger partial charge on any atom is -0.288 e. The summed E-state index contributed by atoms with van der Waals surface area (Å²) in [5.41, 5.74) is 0. The Morgan fingerprint density at radius 1 is 1.86 bits per heavy atom. The summed E-state index contributed by atoms with van der Waals surface area (Å²) in [7, 11) is 0. The molecule has 1 nitrogen and oxygen atoms in total. The zero-order valence-electron chi connectivity index (χ0n) is 4.41. The third-order valence-corrected chi connectivity index (χ3v) is 3.37. The first-order chi connectivity index (χ1) is 3.27. The molecule has 3 heteroatoms. The van der Waals surface area contributed by atoms with Crippen molar-refractivity contribution >= 4 is 35.8 Å². The fourth-order valence-electron chi connectivity index (χ4n) is 0.316. The second-order valence-corrected chi connectivity index (χ2v) is 4.55. The molecule has 0 amide bonds. The normalized spacial score (nSPS) is 8.29. The van der Waals surface area contributed by atoms with Gasteiger partial charge in [0.15, 0.2) is 4.69 Å². The van der Waals surface area contributed by atoms with Gasteiger partial charge in [-0.2, -0.15) is 0 Å². The second kappa shape index (κ2) is 4.83. The van der Waals surface area contributed by atoms with Crippen LogP contribution in [0.2, 0.25) is 10.6 Å². The van der Waals surface area contributed by atoms with Crippen LogP contribution in [0.4, 0.5) is 0 Å². The first-order valence-electron chi connectivity index (χ1n) is 2.45. The van der Waals surface area contributed by atoms with Crippen molar-refractivity contribution in [1.29, 1.82) is 0 Å². The van der Waals surface area contributed by atoms with Gasteiger partial charge in [0.05, 0.1) is 0 Å². The summed E-state index contributed by atoms with van der Waals surface area (Å²) >= 11 is 2.85. The first kappa shape index (κ1) is 7.68. The van der Waals surface area contributed by atoms with Gasteiger partial charge in [0.1, 0.15) is 0 Å². The van der Waals surface area contributed by atoms with Gasteiger partial charge in [-0.15, -0.1) is 0 Å². The summed E-state index contributed by atoms with van der Waals surface area (Å²) in [6, 6.07) is 0. The Kier molecular flexibility index (Phi) is 5.30. The van der Waals surface area contributed by atoms with Gasteiger partial charge in [-0.3, -0.25) is 4.79 Å². The molecule has 0 bridgehead atoms. The molecule has 0 unspecified atom stereocenters. The number of hydrogen-bond donors (Lipinski definition) is 0. The quantitative estimate of drug-likeness (QED) is 0.469. The van der Waals surface area contributed by atoms with E-state index in [0.717, 1.165) is 5.28 Å². The van der Waals surface area contributed by atoms with Crippen molar-refractivity contribution in [3.63, 3.8) is 0 Å². The van der Waals surface area contributed by atoms with Crippen LogP contribution >= 0.6 is 15.9 Å². The van der Waals surface area contributed by atoms with Crippen LogP contribution in [0.15, 0.2) is 0 Å². The maximum absolute atomic E-state index is 10.2. The fraction of sp³-hybridized carbons (Fsp3) is 0.750. The van der Waals surface area contributed by atoms with Crippen LogP contribution in [0.5, 0.6) is 0 Å². The summed E-state index contributed by atoms with van der Waals surface area (Å²) in [5, 5.41) is 2.05. The summed E-state index contributed by atoms with van der Waals surface area (Å²) in [4.78, 5) is 10.2. The maximum Gasteiger partial charge on any atom is 0.248 e. The molecule has 0 fully saturated rings. The van der Waals surface area contributed by atoms with Crippen LogP contribution in [0.25, 0.3) is 0 Å². The molecule has 0 aliphatic rings. The molecule has 0 radical (unpaired) electrons. The van der Waals surface area contributed by atoms with Crippen molar-refractivity contribution in [3.05, 3.63) is 0 Å². The molecule has 0 aliphatic carbocycles. The first-order valence-corrected chi connectivity index (χ1v) is 5.25. The highest BCUT2D eigenvalue weighted by Crippen LogP contribution is 1.92. The predicted molar refractivity (Wildman–Crippen MR) is 36.4 cm³/mol. The van der Waals surface area contributed by atoms with Crippen LogP contribution in [-0.4, -0.2) is 19.9 Å². The molecule has 0 spiro atoms. The molecule has 0 heterocycles. The van der Waals surface area contributed by atoms with E-state index in [9.17, 15) is 4.79 Å². The van der Waals surface area contributed by atoms with Crippen LogP contribution in [-0.2, 0) is 4.79 Å². The lowest BCUT2D eigenvalue weighted by atomic mass is 10.9. The van der Waals surface area contributed by atoms with Crippen molar-refractivity contribution < 1.29 is 4.79 Å². The second-order valence-electron chi connectivity index (χ2n) is 1.46. The van der Waals surface area contributed by atoms with Gasteiger partial charge >= 0.3 is 0 Å². The zero-order valence-corrected chi connectivity index (χ0v) is 7.41. The van der Waals surface area contributed by atoms with Gasteiger partial charge in [0.2, 0.25) is 15.2 Å². The third kappa shape index (κ3) is 6.68. The van der Waals surface area contributed by atoms with Crippen LogP contribution < -0.4 is 0 Å². The van der Waals surface area contributed by atoms with E-state index < -0.39 is 0 Å². The van der Waals surface area contributed by atoms with Crippen molar-refractivity contribution in [1.82, 2.24) is 0 Å². The summed E-state index contributed by atoms with van der Waals surface area (Å²) in [5.74, 6) is 0. The van der Waals surface area contributed by atoms with Crippen LogP contribution in [0.1, 0.15) is 6.92 Å². The molecule has 0 aromatic heterocycles. The van der Waals surface area contributed by atoms with Gasteiger partial charge < -0.3 is 0 Å². The molecule has 0 N–H and O–H groups in total.